The van der Waals surface area contributed by atoms with Crippen LogP contribution in [-0.2, 0) is 9.59 Å². The highest BCUT2D eigenvalue weighted by atomic mass is 19.4. The molecular weight excluding hydrogens is 397 g/mol. The molecule has 0 aliphatic heterocycles. The quantitative estimate of drug-likeness (QED) is 0.625. The average Bonchev–Trinajstić information content (AvgIpc) is 2.67. The molecule has 2 aromatic carbocycles. The molecule has 2 amide bonds. The summed E-state index contributed by atoms with van der Waals surface area (Å²) in [5.41, 5.74) is 1.64. The van der Waals surface area contributed by atoms with Gasteiger partial charge in [0, 0.05) is 23.9 Å². The van der Waals surface area contributed by atoms with Gasteiger partial charge in [0.25, 0.3) is 0 Å². The lowest BCUT2D eigenvalue weighted by Crippen LogP contribution is -2.37. The number of nitrogens with one attached hydrogen (secondary N) is 1. The van der Waals surface area contributed by atoms with Crippen molar-refractivity contribution in [3.8, 4) is 5.75 Å². The molecule has 0 bridgehead atoms. The molecule has 0 fully saturated rings. The van der Waals surface area contributed by atoms with Crippen molar-refractivity contribution in [3.05, 3.63) is 65.7 Å². The molecule has 2 rings (SSSR count). The van der Waals surface area contributed by atoms with Gasteiger partial charge in [0.15, 0.2) is 0 Å². The normalized spacial score (nSPS) is 11.4. The highest BCUT2D eigenvalue weighted by Gasteiger charge is 2.31. The Hall–Kier alpha value is -3.29. The first kappa shape index (κ1) is 23.0. The maximum absolute atomic E-state index is 12.6. The third kappa shape index (κ3) is 7.27. The van der Waals surface area contributed by atoms with Crippen LogP contribution < -0.4 is 10.1 Å². The van der Waals surface area contributed by atoms with E-state index >= 15 is 0 Å². The molecule has 160 valence electrons. The first-order chi connectivity index (χ1) is 14.2. The fourth-order valence-corrected chi connectivity index (χ4v) is 2.72. The van der Waals surface area contributed by atoms with Crippen LogP contribution in [0.15, 0.2) is 54.6 Å². The Kier molecular flexibility index (Phi) is 8.03. The number of hydrogen-bond donors (Lipinski definition) is 1. The number of nitrogens with zero attached hydrogens (tertiary/aromatic N) is 1. The highest BCUT2D eigenvalue weighted by molar-refractivity contribution is 5.98. The molecule has 0 aliphatic rings. The fourth-order valence-electron chi connectivity index (χ4n) is 2.72. The largest absolute Gasteiger partial charge is 0.573 e. The molecule has 0 heterocycles. The van der Waals surface area contributed by atoms with E-state index in [1.807, 2.05) is 26.0 Å². The number of benzene rings is 2. The van der Waals surface area contributed by atoms with Gasteiger partial charge < -0.3 is 15.0 Å². The summed E-state index contributed by atoms with van der Waals surface area (Å²) in [6.07, 6.45) is -1.85. The first-order valence-corrected chi connectivity index (χ1v) is 9.37. The molecule has 8 heteroatoms. The van der Waals surface area contributed by atoms with E-state index in [1.54, 1.807) is 12.1 Å². The number of ether oxygens (including phenoxy) is 1. The van der Waals surface area contributed by atoms with Crippen LogP contribution >= 0.6 is 0 Å². The third-order valence-electron chi connectivity index (χ3n) is 4.11. The van der Waals surface area contributed by atoms with Crippen molar-refractivity contribution in [2.24, 2.45) is 0 Å². The Morgan fingerprint density at radius 3 is 2.43 bits per heavy atom. The van der Waals surface area contributed by atoms with Crippen LogP contribution in [0.2, 0.25) is 0 Å². The maximum Gasteiger partial charge on any atom is 0.573 e. The Morgan fingerprint density at radius 2 is 1.77 bits per heavy atom. The molecule has 0 atom stereocenters. The van der Waals surface area contributed by atoms with E-state index in [0.717, 1.165) is 17.7 Å². The molecule has 0 saturated carbocycles. The van der Waals surface area contributed by atoms with Crippen LogP contribution in [0.1, 0.15) is 24.5 Å². The summed E-state index contributed by atoms with van der Waals surface area (Å²) in [5, 5.41) is 2.76. The lowest BCUT2D eigenvalue weighted by molar-refractivity contribution is -0.274. The van der Waals surface area contributed by atoms with Gasteiger partial charge in [0.1, 0.15) is 12.3 Å². The van der Waals surface area contributed by atoms with Gasteiger partial charge in [-0.3, -0.25) is 9.59 Å². The summed E-state index contributed by atoms with van der Waals surface area (Å²) >= 11 is 0. The van der Waals surface area contributed by atoms with Gasteiger partial charge in [-0.1, -0.05) is 43.3 Å². The molecular formula is C22H23F3N2O3. The van der Waals surface area contributed by atoms with Crippen molar-refractivity contribution in [2.45, 2.75) is 26.6 Å². The Balaban J connectivity index is 2.09. The number of carbonyl (C=O) groups excluding carboxylic acids is 2. The minimum Gasteiger partial charge on any atom is -0.405 e. The van der Waals surface area contributed by atoms with Crippen molar-refractivity contribution < 1.29 is 27.5 Å². The second kappa shape index (κ2) is 10.5. The number of para-hydroxylation sites is 2. The maximum atomic E-state index is 12.6. The van der Waals surface area contributed by atoms with E-state index in [1.165, 1.54) is 29.2 Å². The van der Waals surface area contributed by atoms with Crippen molar-refractivity contribution in [2.75, 3.05) is 18.4 Å². The zero-order chi connectivity index (χ0) is 22.1. The van der Waals surface area contributed by atoms with Gasteiger partial charge in [0.05, 0.1) is 0 Å². The lowest BCUT2D eigenvalue weighted by atomic mass is 10.2. The monoisotopic (exact) mass is 420 g/mol. The molecule has 0 unspecified atom stereocenters. The highest BCUT2D eigenvalue weighted by Crippen LogP contribution is 2.27. The summed E-state index contributed by atoms with van der Waals surface area (Å²) in [7, 11) is 0. The first-order valence-electron chi connectivity index (χ1n) is 9.37. The number of carbonyl (C=O) groups is 2. The molecule has 0 spiro atoms. The topological polar surface area (TPSA) is 58.6 Å². The van der Waals surface area contributed by atoms with Gasteiger partial charge in [-0.15, -0.1) is 13.2 Å². The number of rotatable bonds is 8. The SMILES string of the molecule is CCCN(CC(=O)Nc1ccccc1C)C(=O)/C=C/c1ccccc1OC(F)(F)F. The van der Waals surface area contributed by atoms with Crippen molar-refractivity contribution in [1.29, 1.82) is 0 Å². The molecule has 30 heavy (non-hydrogen) atoms. The van der Waals surface area contributed by atoms with Gasteiger partial charge in [-0.25, -0.2) is 0 Å². The summed E-state index contributed by atoms with van der Waals surface area (Å²) < 4.78 is 41.6. The predicted octanol–water partition coefficient (Wildman–Crippen LogP) is 4.78. The second-order valence-electron chi connectivity index (χ2n) is 6.54. The Labute approximate surface area is 173 Å². The van der Waals surface area contributed by atoms with E-state index < -0.39 is 18.0 Å². The number of aryl methyl sites for hydroxylation is 1. The molecule has 1 N–H and O–H groups in total. The molecule has 0 saturated heterocycles. The van der Waals surface area contributed by atoms with Gasteiger partial charge in [-0.05, 0) is 37.1 Å². The van der Waals surface area contributed by atoms with E-state index in [9.17, 15) is 22.8 Å². The summed E-state index contributed by atoms with van der Waals surface area (Å²) in [5.74, 6) is -1.26. The second-order valence-corrected chi connectivity index (χ2v) is 6.54. The van der Waals surface area contributed by atoms with Crippen molar-refractivity contribution >= 4 is 23.6 Å². The minimum absolute atomic E-state index is 0.101. The van der Waals surface area contributed by atoms with Gasteiger partial charge in [0.2, 0.25) is 11.8 Å². The zero-order valence-corrected chi connectivity index (χ0v) is 16.7. The fraction of sp³-hybridized carbons (Fsp3) is 0.273. The van der Waals surface area contributed by atoms with Gasteiger partial charge >= 0.3 is 6.36 Å². The molecule has 2 aromatic rings. The van der Waals surface area contributed by atoms with E-state index in [2.05, 4.69) is 10.1 Å². The minimum atomic E-state index is -4.84. The molecule has 0 radical (unpaired) electrons. The van der Waals surface area contributed by atoms with Crippen molar-refractivity contribution in [3.63, 3.8) is 0 Å². The van der Waals surface area contributed by atoms with Crippen LogP contribution in [0, 0.1) is 6.92 Å². The molecule has 5 nitrogen and oxygen atoms in total. The number of amides is 2. The van der Waals surface area contributed by atoms with Crippen LogP contribution in [0.4, 0.5) is 18.9 Å². The van der Waals surface area contributed by atoms with E-state index in [0.29, 0.717) is 18.7 Å². The number of hydrogen-bond acceptors (Lipinski definition) is 3. The number of anilines is 1. The average molecular weight is 420 g/mol. The van der Waals surface area contributed by atoms with Crippen LogP contribution in [-0.4, -0.2) is 36.2 Å². The standard InChI is InChI=1S/C22H23F3N2O3/c1-3-14-27(15-20(28)26-18-10-6-4-8-16(18)2)21(29)13-12-17-9-5-7-11-19(17)30-22(23,24)25/h4-13H,3,14-15H2,1-2H3,(H,26,28)/b13-12+. The predicted molar refractivity (Wildman–Crippen MR) is 109 cm³/mol. The molecule has 0 aliphatic carbocycles. The summed E-state index contributed by atoms with van der Waals surface area (Å²) in [6, 6.07) is 12.8. The third-order valence-corrected chi connectivity index (χ3v) is 4.11. The van der Waals surface area contributed by atoms with Crippen molar-refractivity contribution in [1.82, 2.24) is 4.90 Å². The Bertz CT molecular complexity index is 910. The van der Waals surface area contributed by atoms with Crippen LogP contribution in [0.5, 0.6) is 5.75 Å². The zero-order valence-electron chi connectivity index (χ0n) is 16.7. The summed E-state index contributed by atoms with van der Waals surface area (Å²) in [4.78, 5) is 26.2. The summed E-state index contributed by atoms with van der Waals surface area (Å²) in [6.45, 7) is 3.86. The smallest absolute Gasteiger partial charge is 0.405 e. The van der Waals surface area contributed by atoms with Crippen LogP contribution in [0.25, 0.3) is 6.08 Å². The van der Waals surface area contributed by atoms with Crippen LogP contribution in [0.3, 0.4) is 0 Å². The van der Waals surface area contributed by atoms with Gasteiger partial charge in [-0.2, -0.15) is 0 Å². The lowest BCUT2D eigenvalue weighted by Gasteiger charge is -2.20. The number of alkyl halides is 3. The molecule has 0 aromatic heterocycles. The van der Waals surface area contributed by atoms with E-state index in [-0.39, 0.29) is 18.0 Å². The Morgan fingerprint density at radius 1 is 1.10 bits per heavy atom. The number of halogens is 3. The van der Waals surface area contributed by atoms with E-state index in [4.69, 9.17) is 0 Å².